The van der Waals surface area contributed by atoms with E-state index in [0.717, 1.165) is 35.9 Å². The second kappa shape index (κ2) is 5.53. The van der Waals surface area contributed by atoms with Gasteiger partial charge in [0, 0.05) is 0 Å². The molecule has 0 bridgehead atoms. The summed E-state index contributed by atoms with van der Waals surface area (Å²) in [6.07, 6.45) is 7.05. The fourth-order valence-corrected chi connectivity index (χ4v) is 2.88. The Morgan fingerprint density at radius 1 is 1.17 bits per heavy atom. The third-order valence-corrected chi connectivity index (χ3v) is 3.89. The van der Waals surface area contributed by atoms with Crippen molar-refractivity contribution in [3.63, 3.8) is 0 Å². The van der Waals surface area contributed by atoms with Crippen LogP contribution >= 0.6 is 0 Å². The Hall–Kier alpha value is -1.35. The number of rotatable bonds is 4. The molecule has 0 atom stereocenters. The van der Waals surface area contributed by atoms with Crippen LogP contribution in [0, 0.1) is 5.92 Å². The van der Waals surface area contributed by atoms with Gasteiger partial charge in [0.15, 0.2) is 0 Å². The van der Waals surface area contributed by atoms with Gasteiger partial charge in [0.05, 0.1) is 17.6 Å². The van der Waals surface area contributed by atoms with Gasteiger partial charge in [0.25, 0.3) is 0 Å². The zero-order valence-corrected chi connectivity index (χ0v) is 10.8. The fourth-order valence-electron chi connectivity index (χ4n) is 2.88. The van der Waals surface area contributed by atoms with Crippen LogP contribution in [-0.4, -0.2) is 16.5 Å². The van der Waals surface area contributed by atoms with Crippen LogP contribution in [-0.2, 0) is 6.54 Å². The van der Waals surface area contributed by atoms with Gasteiger partial charge in [-0.3, -0.25) is 0 Å². The Labute approximate surface area is 108 Å². The van der Waals surface area contributed by atoms with Gasteiger partial charge in [-0.05, 0) is 37.4 Å². The van der Waals surface area contributed by atoms with E-state index in [0.29, 0.717) is 0 Å². The molecule has 0 unspecified atom stereocenters. The molecule has 96 valence electrons. The fraction of sp³-hybridized carbons (Fsp3) is 0.533. The van der Waals surface area contributed by atoms with Gasteiger partial charge in [-0.1, -0.05) is 31.4 Å². The number of aromatic nitrogens is 2. The lowest BCUT2D eigenvalue weighted by atomic mass is 9.89. The predicted octanol–water partition coefficient (Wildman–Crippen LogP) is 3.23. The van der Waals surface area contributed by atoms with Crippen molar-refractivity contribution in [2.75, 3.05) is 6.54 Å². The predicted molar refractivity (Wildman–Crippen MR) is 74.4 cm³/mol. The highest BCUT2D eigenvalue weighted by Crippen LogP contribution is 2.22. The Kier molecular flexibility index (Phi) is 3.60. The zero-order chi connectivity index (χ0) is 12.2. The normalized spacial score (nSPS) is 17.3. The molecule has 1 saturated carbocycles. The average molecular weight is 243 g/mol. The second-order valence-corrected chi connectivity index (χ2v) is 5.34. The lowest BCUT2D eigenvalue weighted by Crippen LogP contribution is -2.24. The lowest BCUT2D eigenvalue weighted by Gasteiger charge is -2.21. The maximum absolute atomic E-state index is 4.58. The first-order chi connectivity index (χ1) is 8.92. The van der Waals surface area contributed by atoms with Crippen LogP contribution in [0.1, 0.15) is 37.9 Å². The van der Waals surface area contributed by atoms with Gasteiger partial charge in [-0.15, -0.1) is 0 Å². The van der Waals surface area contributed by atoms with Crippen molar-refractivity contribution >= 4 is 11.0 Å². The summed E-state index contributed by atoms with van der Waals surface area (Å²) in [5.41, 5.74) is 2.19. The summed E-state index contributed by atoms with van der Waals surface area (Å²) in [6.45, 7) is 1.99. The van der Waals surface area contributed by atoms with Crippen LogP contribution in [0.5, 0.6) is 0 Å². The Balaban J connectivity index is 1.53. The van der Waals surface area contributed by atoms with Gasteiger partial charge >= 0.3 is 0 Å². The largest absolute Gasteiger partial charge is 0.341 e. The molecule has 3 rings (SSSR count). The number of imidazole rings is 1. The molecule has 3 nitrogen and oxygen atoms in total. The molecule has 1 heterocycles. The minimum absolute atomic E-state index is 0.852. The van der Waals surface area contributed by atoms with Gasteiger partial charge in [0.1, 0.15) is 5.82 Å². The monoisotopic (exact) mass is 243 g/mol. The highest BCUT2D eigenvalue weighted by Gasteiger charge is 2.12. The summed E-state index contributed by atoms with van der Waals surface area (Å²) >= 11 is 0. The number of para-hydroxylation sites is 2. The number of fused-ring (bicyclic) bond motifs is 1. The van der Waals surface area contributed by atoms with Crippen LogP contribution < -0.4 is 5.32 Å². The van der Waals surface area contributed by atoms with Crippen LogP contribution in [0.25, 0.3) is 11.0 Å². The summed E-state index contributed by atoms with van der Waals surface area (Å²) < 4.78 is 0. The third kappa shape index (κ3) is 2.72. The molecular weight excluding hydrogens is 222 g/mol. The molecule has 0 amide bonds. The maximum atomic E-state index is 4.58. The number of nitrogens with one attached hydrogen (secondary N) is 2. The molecule has 1 aliphatic rings. The highest BCUT2D eigenvalue weighted by atomic mass is 15.0. The summed E-state index contributed by atoms with van der Waals surface area (Å²) in [6, 6.07) is 8.20. The van der Waals surface area contributed by atoms with E-state index in [1.54, 1.807) is 0 Å². The van der Waals surface area contributed by atoms with Crippen molar-refractivity contribution in [3.8, 4) is 0 Å². The molecule has 1 fully saturated rings. The summed E-state index contributed by atoms with van der Waals surface area (Å²) in [5, 5.41) is 3.54. The van der Waals surface area contributed by atoms with Crippen LogP contribution in [0.3, 0.4) is 0 Å². The molecule has 18 heavy (non-hydrogen) atoms. The lowest BCUT2D eigenvalue weighted by molar-refractivity contribution is 0.341. The van der Waals surface area contributed by atoms with E-state index in [2.05, 4.69) is 27.4 Å². The van der Waals surface area contributed by atoms with E-state index in [-0.39, 0.29) is 0 Å². The van der Waals surface area contributed by atoms with Gasteiger partial charge in [0.2, 0.25) is 0 Å². The molecule has 1 aromatic carbocycles. The van der Waals surface area contributed by atoms with Crippen molar-refractivity contribution < 1.29 is 0 Å². The van der Waals surface area contributed by atoms with Crippen LogP contribution in [0.2, 0.25) is 0 Å². The molecule has 0 saturated heterocycles. The first-order valence-electron chi connectivity index (χ1n) is 7.06. The standard InChI is InChI=1S/C15H21N3/c1-2-6-12(7-3-1)10-16-11-15-17-13-8-4-5-9-14(13)18-15/h4-5,8-9,12,16H,1-3,6-7,10-11H2,(H,17,18). The number of hydrogen-bond donors (Lipinski definition) is 2. The topological polar surface area (TPSA) is 40.7 Å². The second-order valence-electron chi connectivity index (χ2n) is 5.34. The number of hydrogen-bond acceptors (Lipinski definition) is 2. The molecular formula is C15H21N3. The number of H-pyrrole nitrogens is 1. The van der Waals surface area contributed by atoms with Crippen molar-refractivity contribution in [2.45, 2.75) is 38.6 Å². The van der Waals surface area contributed by atoms with E-state index in [9.17, 15) is 0 Å². The van der Waals surface area contributed by atoms with Crippen molar-refractivity contribution in [1.29, 1.82) is 0 Å². The Bertz CT molecular complexity index is 464. The zero-order valence-electron chi connectivity index (χ0n) is 10.8. The van der Waals surface area contributed by atoms with E-state index < -0.39 is 0 Å². The summed E-state index contributed by atoms with van der Waals surface area (Å²) in [5.74, 6) is 1.93. The molecule has 3 heteroatoms. The van der Waals surface area contributed by atoms with Crippen molar-refractivity contribution in [2.24, 2.45) is 5.92 Å². The molecule has 0 radical (unpaired) electrons. The molecule has 1 aromatic heterocycles. The number of aromatic amines is 1. The van der Waals surface area contributed by atoms with Crippen molar-refractivity contribution in [3.05, 3.63) is 30.1 Å². The summed E-state index contributed by atoms with van der Waals surface area (Å²) in [4.78, 5) is 7.94. The Morgan fingerprint density at radius 3 is 2.83 bits per heavy atom. The highest BCUT2D eigenvalue weighted by molar-refractivity contribution is 5.74. The van der Waals surface area contributed by atoms with Gasteiger partial charge in [-0.2, -0.15) is 0 Å². The Morgan fingerprint density at radius 2 is 2.00 bits per heavy atom. The molecule has 1 aliphatic carbocycles. The van der Waals surface area contributed by atoms with E-state index in [1.807, 2.05) is 12.1 Å². The van der Waals surface area contributed by atoms with E-state index in [1.165, 1.54) is 32.1 Å². The summed E-state index contributed by atoms with van der Waals surface area (Å²) in [7, 11) is 0. The minimum atomic E-state index is 0.852. The van der Waals surface area contributed by atoms with Crippen LogP contribution in [0.4, 0.5) is 0 Å². The smallest absolute Gasteiger partial charge is 0.121 e. The molecule has 2 aromatic rings. The molecule has 0 spiro atoms. The van der Waals surface area contributed by atoms with Crippen LogP contribution in [0.15, 0.2) is 24.3 Å². The minimum Gasteiger partial charge on any atom is -0.341 e. The first-order valence-corrected chi connectivity index (χ1v) is 7.06. The van der Waals surface area contributed by atoms with Gasteiger partial charge in [-0.25, -0.2) is 4.98 Å². The first kappa shape index (κ1) is 11.7. The number of benzene rings is 1. The molecule has 0 aliphatic heterocycles. The van der Waals surface area contributed by atoms with E-state index in [4.69, 9.17) is 0 Å². The average Bonchev–Trinajstić information content (AvgIpc) is 2.82. The van der Waals surface area contributed by atoms with E-state index >= 15 is 0 Å². The molecule has 2 N–H and O–H groups in total. The van der Waals surface area contributed by atoms with Crippen molar-refractivity contribution in [1.82, 2.24) is 15.3 Å². The third-order valence-electron chi connectivity index (χ3n) is 3.89. The number of nitrogens with zero attached hydrogens (tertiary/aromatic N) is 1. The van der Waals surface area contributed by atoms with Gasteiger partial charge < -0.3 is 10.3 Å². The maximum Gasteiger partial charge on any atom is 0.121 e. The quantitative estimate of drug-likeness (QED) is 0.865. The SMILES string of the molecule is c1ccc2[nH]c(CNCC3CCCCC3)nc2c1.